The van der Waals surface area contributed by atoms with Crippen molar-refractivity contribution in [2.24, 2.45) is 11.8 Å². The number of carbonyl (C=O) groups is 1. The van der Waals surface area contributed by atoms with Crippen LogP contribution in [-0.4, -0.2) is 37.5 Å². The highest BCUT2D eigenvalue weighted by Crippen LogP contribution is 2.15. The molecule has 21 heavy (non-hydrogen) atoms. The highest BCUT2D eigenvalue weighted by atomic mass is 16.1. The normalized spacial score (nSPS) is 12.6. The highest BCUT2D eigenvalue weighted by Gasteiger charge is 2.16. The van der Waals surface area contributed by atoms with Crippen molar-refractivity contribution in [3.8, 4) is 0 Å². The number of nitrogens with zero attached hydrogens (tertiary/aromatic N) is 1. The Bertz CT molecular complexity index is 461. The van der Waals surface area contributed by atoms with Crippen LogP contribution in [0.4, 0.5) is 5.69 Å². The van der Waals surface area contributed by atoms with Crippen molar-refractivity contribution in [2.45, 2.75) is 33.2 Å². The summed E-state index contributed by atoms with van der Waals surface area (Å²) >= 11 is 0. The molecule has 1 unspecified atom stereocenters. The van der Waals surface area contributed by atoms with E-state index in [4.69, 9.17) is 5.84 Å². The molecule has 0 aliphatic carbocycles. The number of aryl methyl sites for hydroxylation is 1. The van der Waals surface area contributed by atoms with Gasteiger partial charge >= 0.3 is 0 Å². The number of amides is 1. The minimum absolute atomic E-state index is 0.0332. The standard InChI is InChI=1S/C16H28N4O/c1-11(2)8-14(10-20(4)5)18-16(21)13-6-7-15(19-17)12(3)9-13/h6-7,9,11,14,19H,8,10,17H2,1-5H3,(H,18,21). The van der Waals surface area contributed by atoms with Gasteiger partial charge in [-0.3, -0.25) is 10.6 Å². The van der Waals surface area contributed by atoms with E-state index in [1.54, 1.807) is 6.07 Å². The van der Waals surface area contributed by atoms with Crippen LogP contribution in [0.5, 0.6) is 0 Å². The lowest BCUT2D eigenvalue weighted by atomic mass is 10.0. The lowest BCUT2D eigenvalue weighted by molar-refractivity contribution is 0.0924. The summed E-state index contributed by atoms with van der Waals surface area (Å²) in [5.41, 5.74) is 5.07. The van der Waals surface area contributed by atoms with Gasteiger partial charge in [-0.15, -0.1) is 0 Å². The summed E-state index contributed by atoms with van der Waals surface area (Å²) in [6, 6.07) is 5.62. The second kappa shape index (κ2) is 8.00. The van der Waals surface area contributed by atoms with E-state index in [-0.39, 0.29) is 11.9 Å². The predicted octanol–water partition coefficient (Wildman–Crippen LogP) is 1.99. The molecular weight excluding hydrogens is 264 g/mol. The average molecular weight is 292 g/mol. The Morgan fingerprint density at radius 2 is 2.00 bits per heavy atom. The fourth-order valence-corrected chi connectivity index (χ4v) is 2.42. The van der Waals surface area contributed by atoms with E-state index in [9.17, 15) is 4.79 Å². The maximum atomic E-state index is 12.4. The lowest BCUT2D eigenvalue weighted by Gasteiger charge is -2.24. The molecule has 1 atom stereocenters. The van der Waals surface area contributed by atoms with E-state index in [1.165, 1.54) is 0 Å². The largest absolute Gasteiger partial charge is 0.348 e. The van der Waals surface area contributed by atoms with Crippen molar-refractivity contribution in [3.05, 3.63) is 29.3 Å². The fraction of sp³-hybridized carbons (Fsp3) is 0.562. The van der Waals surface area contributed by atoms with Crippen LogP contribution >= 0.6 is 0 Å². The number of nitrogens with two attached hydrogens (primary N) is 1. The first-order valence-corrected chi connectivity index (χ1v) is 7.36. The molecule has 118 valence electrons. The second-order valence-electron chi connectivity index (χ2n) is 6.24. The van der Waals surface area contributed by atoms with Gasteiger partial charge in [-0.05, 0) is 57.1 Å². The van der Waals surface area contributed by atoms with Crippen LogP contribution in [0, 0.1) is 12.8 Å². The summed E-state index contributed by atoms with van der Waals surface area (Å²) in [6.45, 7) is 7.10. The molecule has 0 spiro atoms. The molecule has 0 radical (unpaired) electrons. The zero-order chi connectivity index (χ0) is 16.0. The monoisotopic (exact) mass is 292 g/mol. The SMILES string of the molecule is Cc1cc(C(=O)NC(CC(C)C)CN(C)C)ccc1NN. The minimum atomic E-state index is -0.0332. The summed E-state index contributed by atoms with van der Waals surface area (Å²) in [7, 11) is 4.04. The highest BCUT2D eigenvalue weighted by molar-refractivity contribution is 5.95. The maximum Gasteiger partial charge on any atom is 0.251 e. The smallest absolute Gasteiger partial charge is 0.251 e. The maximum absolute atomic E-state index is 12.4. The Morgan fingerprint density at radius 1 is 1.33 bits per heavy atom. The molecule has 0 heterocycles. The number of nitrogen functional groups attached to an aromatic ring is 1. The predicted molar refractivity (Wildman–Crippen MR) is 88.3 cm³/mol. The number of likely N-dealkylation sites (N-methyl/N-ethyl adjacent to an activating group) is 1. The molecule has 1 aromatic rings. The first-order chi connectivity index (χ1) is 9.83. The minimum Gasteiger partial charge on any atom is -0.348 e. The van der Waals surface area contributed by atoms with E-state index in [1.807, 2.05) is 33.2 Å². The van der Waals surface area contributed by atoms with Crippen molar-refractivity contribution in [3.63, 3.8) is 0 Å². The summed E-state index contributed by atoms with van der Waals surface area (Å²) in [5.74, 6) is 5.92. The van der Waals surface area contributed by atoms with Gasteiger partial charge in [0.1, 0.15) is 0 Å². The molecule has 0 aliphatic rings. The Kier molecular flexibility index (Phi) is 6.65. The number of hydrazine groups is 1. The van der Waals surface area contributed by atoms with E-state index in [2.05, 4.69) is 29.5 Å². The second-order valence-corrected chi connectivity index (χ2v) is 6.24. The fourth-order valence-electron chi connectivity index (χ4n) is 2.42. The van der Waals surface area contributed by atoms with Crippen molar-refractivity contribution in [1.29, 1.82) is 0 Å². The topological polar surface area (TPSA) is 70.4 Å². The molecule has 1 rings (SSSR count). The zero-order valence-corrected chi connectivity index (χ0v) is 13.7. The van der Waals surface area contributed by atoms with E-state index in [0.717, 1.165) is 24.2 Å². The molecule has 0 aromatic heterocycles. The molecule has 0 fully saturated rings. The number of benzene rings is 1. The van der Waals surface area contributed by atoms with Gasteiger partial charge in [0.25, 0.3) is 5.91 Å². The Balaban J connectivity index is 2.78. The van der Waals surface area contributed by atoms with E-state index < -0.39 is 0 Å². The van der Waals surface area contributed by atoms with Gasteiger partial charge in [0.05, 0.1) is 5.69 Å². The van der Waals surface area contributed by atoms with Crippen molar-refractivity contribution in [1.82, 2.24) is 10.2 Å². The van der Waals surface area contributed by atoms with Gasteiger partial charge in [-0.1, -0.05) is 13.8 Å². The van der Waals surface area contributed by atoms with Crippen LogP contribution < -0.4 is 16.6 Å². The number of carbonyl (C=O) groups excluding carboxylic acids is 1. The Hall–Kier alpha value is -1.59. The Morgan fingerprint density at radius 3 is 2.48 bits per heavy atom. The van der Waals surface area contributed by atoms with Gasteiger partial charge in [0.15, 0.2) is 0 Å². The van der Waals surface area contributed by atoms with Crippen molar-refractivity contribution >= 4 is 11.6 Å². The van der Waals surface area contributed by atoms with Crippen LogP contribution in [0.2, 0.25) is 0 Å². The molecule has 1 aromatic carbocycles. The number of nitrogens with one attached hydrogen (secondary N) is 2. The summed E-state index contributed by atoms with van der Waals surface area (Å²) in [6.07, 6.45) is 0.964. The molecule has 5 heteroatoms. The third kappa shape index (κ3) is 5.73. The average Bonchev–Trinajstić information content (AvgIpc) is 2.36. The quantitative estimate of drug-likeness (QED) is 0.531. The van der Waals surface area contributed by atoms with Crippen LogP contribution in [0.25, 0.3) is 0 Å². The number of anilines is 1. The van der Waals surface area contributed by atoms with Crippen LogP contribution in [0.15, 0.2) is 18.2 Å². The third-order valence-corrected chi connectivity index (χ3v) is 3.32. The van der Waals surface area contributed by atoms with E-state index in [0.29, 0.717) is 11.5 Å². The molecule has 0 bridgehead atoms. The van der Waals surface area contributed by atoms with Crippen LogP contribution in [0.1, 0.15) is 36.2 Å². The van der Waals surface area contributed by atoms with Crippen molar-refractivity contribution in [2.75, 3.05) is 26.1 Å². The molecule has 1 amide bonds. The third-order valence-electron chi connectivity index (χ3n) is 3.32. The summed E-state index contributed by atoms with van der Waals surface area (Å²) < 4.78 is 0. The van der Waals surface area contributed by atoms with Gasteiger partial charge in [-0.2, -0.15) is 0 Å². The summed E-state index contributed by atoms with van der Waals surface area (Å²) in [5, 5.41) is 3.13. The Labute approximate surface area is 127 Å². The number of rotatable bonds is 7. The summed E-state index contributed by atoms with van der Waals surface area (Å²) in [4.78, 5) is 14.5. The number of hydrogen-bond acceptors (Lipinski definition) is 4. The molecule has 0 saturated heterocycles. The zero-order valence-electron chi connectivity index (χ0n) is 13.7. The molecular formula is C16H28N4O. The van der Waals surface area contributed by atoms with Gasteiger partial charge in [0, 0.05) is 18.2 Å². The van der Waals surface area contributed by atoms with E-state index >= 15 is 0 Å². The van der Waals surface area contributed by atoms with Crippen LogP contribution in [0.3, 0.4) is 0 Å². The first-order valence-electron chi connectivity index (χ1n) is 7.36. The van der Waals surface area contributed by atoms with Gasteiger partial charge < -0.3 is 15.6 Å². The van der Waals surface area contributed by atoms with Gasteiger partial charge in [-0.25, -0.2) is 0 Å². The van der Waals surface area contributed by atoms with Crippen molar-refractivity contribution < 1.29 is 4.79 Å². The first kappa shape index (κ1) is 17.5. The molecule has 5 nitrogen and oxygen atoms in total. The number of hydrogen-bond donors (Lipinski definition) is 3. The van der Waals surface area contributed by atoms with Gasteiger partial charge in [0.2, 0.25) is 0 Å². The molecule has 4 N–H and O–H groups in total. The van der Waals surface area contributed by atoms with Crippen LogP contribution in [-0.2, 0) is 0 Å². The molecule has 0 saturated carbocycles. The lowest BCUT2D eigenvalue weighted by Crippen LogP contribution is -2.42. The molecule has 0 aliphatic heterocycles.